The Morgan fingerprint density at radius 3 is 2.66 bits per heavy atom. The van der Waals surface area contributed by atoms with Crippen LogP contribution in [0.25, 0.3) is 22.4 Å². The lowest BCUT2D eigenvalue weighted by Crippen LogP contribution is -2.46. The van der Waals surface area contributed by atoms with Crippen LogP contribution in [0, 0.1) is 5.92 Å². The molecular formula is C30H29BrF3N7O3. The van der Waals surface area contributed by atoms with Crippen LogP contribution >= 0.6 is 15.9 Å². The minimum atomic E-state index is -4.63. The highest BCUT2D eigenvalue weighted by Gasteiger charge is 2.36. The van der Waals surface area contributed by atoms with E-state index in [0.29, 0.717) is 40.0 Å². The van der Waals surface area contributed by atoms with Crippen molar-refractivity contribution in [1.82, 2.24) is 34.1 Å². The van der Waals surface area contributed by atoms with Crippen LogP contribution in [0.3, 0.4) is 0 Å². The second-order valence-corrected chi connectivity index (χ2v) is 12.3. The van der Waals surface area contributed by atoms with E-state index in [4.69, 9.17) is 0 Å². The number of fused-ring (bicyclic) bond motifs is 4. The number of aliphatic hydroxyl groups excluding tert-OH is 1. The Labute approximate surface area is 257 Å². The lowest BCUT2D eigenvalue weighted by molar-refractivity contribution is -0.138. The molecule has 230 valence electrons. The van der Waals surface area contributed by atoms with Crippen molar-refractivity contribution in [2.75, 3.05) is 6.61 Å². The summed E-state index contributed by atoms with van der Waals surface area (Å²) in [5.41, 5.74) is 2.93. The largest absolute Gasteiger partial charge is 0.417 e. The number of nitrogens with zero attached hydrogens (tertiary/aromatic N) is 7. The second-order valence-electron chi connectivity index (χ2n) is 11.5. The Kier molecular flexibility index (Phi) is 7.60. The first-order chi connectivity index (χ1) is 20.9. The van der Waals surface area contributed by atoms with Crippen molar-refractivity contribution in [3.8, 4) is 5.69 Å². The molecule has 14 heteroatoms. The standard InChI is InChI=1S/C30H29BrF3N7O3/c1-16(2)10-19-14-35-41-26-15-38(28(43)18-4-6-23(31)22(12-18)30(32,33)34)17(3)11-21(26)29(44)40(27(19)41)20-5-7-25-24(13-20)36-37-39(25)8-9-42/h4-7,12-14,16-17,42H,8-11,15H2,1-3H3/t17-/m1/s1. The van der Waals surface area contributed by atoms with Gasteiger partial charge in [-0.05, 0) is 62.1 Å². The minimum absolute atomic E-state index is 0.00333. The van der Waals surface area contributed by atoms with Gasteiger partial charge in [0, 0.05) is 27.2 Å². The van der Waals surface area contributed by atoms with E-state index in [1.807, 2.05) is 0 Å². The summed E-state index contributed by atoms with van der Waals surface area (Å²) in [5.74, 6) is -0.314. The predicted octanol–water partition coefficient (Wildman–Crippen LogP) is 4.79. The number of rotatable bonds is 6. The molecule has 0 bridgehead atoms. The monoisotopic (exact) mass is 671 g/mol. The molecule has 0 unspecified atom stereocenters. The van der Waals surface area contributed by atoms with E-state index in [0.717, 1.165) is 11.6 Å². The predicted molar refractivity (Wildman–Crippen MR) is 160 cm³/mol. The molecule has 1 aliphatic rings. The number of hydrogen-bond donors (Lipinski definition) is 1. The van der Waals surface area contributed by atoms with Gasteiger partial charge in [-0.25, -0.2) is 9.20 Å². The SMILES string of the molecule is CC(C)Cc1cnn2c3c(c(=O)n(-c4ccc5c(c4)nnn5CCO)c12)C[C@@H](C)N(C(=O)c1ccc(Br)c(C(F)(F)F)c1)C3. The lowest BCUT2D eigenvalue weighted by Gasteiger charge is -2.35. The normalized spacial score (nSPS) is 15.5. The molecule has 0 spiro atoms. The molecule has 0 radical (unpaired) electrons. The summed E-state index contributed by atoms with van der Waals surface area (Å²) in [6, 6.07) is 8.33. The highest BCUT2D eigenvalue weighted by Crippen LogP contribution is 2.36. The number of halogens is 4. The van der Waals surface area contributed by atoms with E-state index in [9.17, 15) is 27.9 Å². The van der Waals surface area contributed by atoms with Crippen molar-refractivity contribution in [3.05, 3.63) is 85.4 Å². The van der Waals surface area contributed by atoms with Crippen LogP contribution in [-0.4, -0.2) is 57.7 Å². The van der Waals surface area contributed by atoms with Crippen LogP contribution in [0.4, 0.5) is 13.2 Å². The number of carbonyl (C=O) groups excluding carboxylic acids is 1. The van der Waals surface area contributed by atoms with Gasteiger partial charge in [0.2, 0.25) is 0 Å². The summed E-state index contributed by atoms with van der Waals surface area (Å²) >= 11 is 2.93. The molecule has 1 N–H and O–H groups in total. The average molecular weight is 673 g/mol. The highest BCUT2D eigenvalue weighted by molar-refractivity contribution is 9.10. The van der Waals surface area contributed by atoms with Crippen LogP contribution in [0.15, 0.2) is 51.9 Å². The summed E-state index contributed by atoms with van der Waals surface area (Å²) in [6.07, 6.45) is -2.10. The number of amides is 1. The quantitative estimate of drug-likeness (QED) is 0.278. The number of aliphatic hydroxyl groups is 1. The van der Waals surface area contributed by atoms with Gasteiger partial charge in [-0.3, -0.25) is 14.2 Å². The molecule has 44 heavy (non-hydrogen) atoms. The van der Waals surface area contributed by atoms with Crippen LogP contribution in [0.5, 0.6) is 0 Å². The number of benzene rings is 2. The van der Waals surface area contributed by atoms with E-state index in [-0.39, 0.29) is 47.6 Å². The molecule has 0 saturated heterocycles. The van der Waals surface area contributed by atoms with E-state index in [1.165, 1.54) is 17.0 Å². The highest BCUT2D eigenvalue weighted by atomic mass is 79.9. The van der Waals surface area contributed by atoms with E-state index >= 15 is 0 Å². The molecule has 6 rings (SSSR count). The second kappa shape index (κ2) is 11.1. The smallest absolute Gasteiger partial charge is 0.394 e. The van der Waals surface area contributed by atoms with Gasteiger partial charge < -0.3 is 10.0 Å². The molecule has 0 fully saturated rings. The fourth-order valence-corrected chi connectivity index (χ4v) is 6.35. The van der Waals surface area contributed by atoms with Crippen molar-refractivity contribution in [2.45, 2.75) is 58.9 Å². The summed E-state index contributed by atoms with van der Waals surface area (Å²) < 4.78 is 45.5. The zero-order chi connectivity index (χ0) is 31.5. The lowest BCUT2D eigenvalue weighted by atomic mass is 9.97. The minimum Gasteiger partial charge on any atom is -0.394 e. The molecule has 2 aromatic carbocycles. The summed E-state index contributed by atoms with van der Waals surface area (Å²) in [5, 5.41) is 22.3. The summed E-state index contributed by atoms with van der Waals surface area (Å²) in [4.78, 5) is 29.4. The Morgan fingerprint density at radius 2 is 1.95 bits per heavy atom. The molecule has 0 saturated carbocycles. The molecule has 1 atom stereocenters. The van der Waals surface area contributed by atoms with Crippen LogP contribution in [0.1, 0.15) is 53.5 Å². The number of alkyl halides is 3. The summed E-state index contributed by atoms with van der Waals surface area (Å²) in [7, 11) is 0. The fourth-order valence-electron chi connectivity index (χ4n) is 5.88. The van der Waals surface area contributed by atoms with Crippen molar-refractivity contribution in [1.29, 1.82) is 0 Å². The zero-order valence-corrected chi connectivity index (χ0v) is 25.7. The average Bonchev–Trinajstić information content (AvgIpc) is 3.56. The first-order valence-electron chi connectivity index (χ1n) is 14.1. The third kappa shape index (κ3) is 5.09. The van der Waals surface area contributed by atoms with Crippen LogP contribution in [0.2, 0.25) is 0 Å². The van der Waals surface area contributed by atoms with Gasteiger partial charge in [-0.15, -0.1) is 5.10 Å². The Hall–Kier alpha value is -4.04. The van der Waals surface area contributed by atoms with Gasteiger partial charge in [0.05, 0.1) is 48.4 Å². The number of carbonyl (C=O) groups is 1. The molecule has 4 heterocycles. The van der Waals surface area contributed by atoms with Gasteiger partial charge in [-0.2, -0.15) is 18.3 Å². The van der Waals surface area contributed by atoms with Gasteiger partial charge in [0.25, 0.3) is 11.5 Å². The Morgan fingerprint density at radius 1 is 1.18 bits per heavy atom. The third-order valence-corrected chi connectivity index (χ3v) is 8.61. The van der Waals surface area contributed by atoms with Gasteiger partial charge >= 0.3 is 6.18 Å². The maximum absolute atomic E-state index is 14.3. The van der Waals surface area contributed by atoms with Crippen molar-refractivity contribution >= 4 is 38.5 Å². The molecular weight excluding hydrogens is 643 g/mol. The number of hydrogen-bond acceptors (Lipinski definition) is 6. The fraction of sp³-hybridized carbons (Fsp3) is 0.367. The van der Waals surface area contributed by atoms with Crippen LogP contribution < -0.4 is 5.56 Å². The van der Waals surface area contributed by atoms with Gasteiger partial charge in [-0.1, -0.05) is 35.0 Å². The maximum atomic E-state index is 14.3. The van der Waals surface area contributed by atoms with Gasteiger partial charge in [0.15, 0.2) is 0 Å². The summed E-state index contributed by atoms with van der Waals surface area (Å²) in [6.45, 7) is 6.08. The van der Waals surface area contributed by atoms with Crippen molar-refractivity contribution < 1.29 is 23.1 Å². The van der Waals surface area contributed by atoms with Crippen molar-refractivity contribution in [2.24, 2.45) is 5.92 Å². The molecule has 0 aliphatic carbocycles. The topological polar surface area (TPSA) is 111 Å². The van der Waals surface area contributed by atoms with Gasteiger partial charge in [0.1, 0.15) is 11.2 Å². The Balaban J connectivity index is 1.49. The zero-order valence-electron chi connectivity index (χ0n) is 24.1. The van der Waals surface area contributed by atoms with Crippen molar-refractivity contribution in [3.63, 3.8) is 0 Å². The molecule has 5 aromatic rings. The molecule has 3 aromatic heterocycles. The molecule has 10 nitrogen and oxygen atoms in total. The first kappa shape index (κ1) is 30.0. The Bertz CT molecular complexity index is 1980. The van der Waals surface area contributed by atoms with E-state index < -0.39 is 23.7 Å². The maximum Gasteiger partial charge on any atom is 0.417 e. The van der Waals surface area contributed by atoms with E-state index in [1.54, 1.807) is 45.1 Å². The number of aromatic nitrogens is 6. The molecule has 1 amide bonds. The molecule has 1 aliphatic heterocycles. The van der Waals surface area contributed by atoms with E-state index in [2.05, 4.69) is 45.2 Å². The third-order valence-electron chi connectivity index (χ3n) is 7.92. The first-order valence-corrected chi connectivity index (χ1v) is 14.9. The van der Waals surface area contributed by atoms with Crippen LogP contribution in [-0.2, 0) is 32.1 Å².